The monoisotopic (exact) mass is 164 g/mol. The molecule has 0 unspecified atom stereocenters. The number of methoxy groups -OCH3 is 1. The van der Waals surface area contributed by atoms with E-state index in [0.717, 1.165) is 0 Å². The van der Waals surface area contributed by atoms with E-state index in [2.05, 4.69) is 6.07 Å². The minimum atomic E-state index is -0.394. The van der Waals surface area contributed by atoms with Crippen LogP contribution in [0.15, 0.2) is 18.2 Å². The Morgan fingerprint density at radius 2 is 2.20 bits per heavy atom. The molecular weight excluding hydrogens is 158 g/mol. The SMILES string of the molecule is COc1[c-]c(F)ccc1.[K+]. The first-order valence-corrected chi connectivity index (χ1v) is 2.55. The maximum Gasteiger partial charge on any atom is 1.00 e. The maximum atomic E-state index is 12.2. The quantitative estimate of drug-likeness (QED) is 0.368. The molecule has 0 heterocycles. The molecular formula is C7H6FKO. The van der Waals surface area contributed by atoms with Gasteiger partial charge >= 0.3 is 51.4 Å². The number of ether oxygens (including phenoxy) is 1. The molecule has 0 aliphatic heterocycles. The van der Waals surface area contributed by atoms with Gasteiger partial charge in [0.25, 0.3) is 0 Å². The van der Waals surface area contributed by atoms with Crippen LogP contribution in [0.1, 0.15) is 0 Å². The molecule has 0 fully saturated rings. The molecule has 0 saturated carbocycles. The van der Waals surface area contributed by atoms with Gasteiger partial charge in [-0.05, 0) is 0 Å². The Kier molecular flexibility index (Phi) is 5.57. The average molecular weight is 164 g/mol. The topological polar surface area (TPSA) is 9.23 Å². The molecule has 1 aromatic rings. The molecule has 0 spiro atoms. The van der Waals surface area contributed by atoms with Gasteiger partial charge < -0.3 is 4.74 Å². The fraction of sp³-hybridized carbons (Fsp3) is 0.143. The van der Waals surface area contributed by atoms with Crippen molar-refractivity contribution in [3.63, 3.8) is 0 Å². The molecule has 1 rings (SSSR count). The van der Waals surface area contributed by atoms with Crippen LogP contribution in [0.3, 0.4) is 0 Å². The van der Waals surface area contributed by atoms with Crippen LogP contribution in [0.5, 0.6) is 5.75 Å². The van der Waals surface area contributed by atoms with E-state index in [1.807, 2.05) is 0 Å². The predicted octanol–water partition coefficient (Wildman–Crippen LogP) is -1.36. The van der Waals surface area contributed by atoms with Gasteiger partial charge in [-0.25, -0.2) is 4.39 Å². The van der Waals surface area contributed by atoms with Crippen molar-refractivity contribution in [1.82, 2.24) is 0 Å². The van der Waals surface area contributed by atoms with Crippen LogP contribution < -0.4 is 56.1 Å². The molecule has 0 aromatic heterocycles. The summed E-state index contributed by atoms with van der Waals surface area (Å²) in [7, 11) is 1.48. The zero-order valence-electron chi connectivity index (χ0n) is 6.02. The minimum absolute atomic E-state index is 0. The summed E-state index contributed by atoms with van der Waals surface area (Å²) in [6, 6.07) is 6.91. The number of halogens is 1. The van der Waals surface area contributed by atoms with E-state index >= 15 is 0 Å². The first-order valence-electron chi connectivity index (χ1n) is 2.55. The molecule has 0 saturated heterocycles. The number of hydrogen-bond acceptors (Lipinski definition) is 1. The minimum Gasteiger partial charge on any atom is -0.523 e. The van der Waals surface area contributed by atoms with E-state index in [1.165, 1.54) is 13.2 Å². The Morgan fingerprint density at radius 3 is 2.60 bits per heavy atom. The molecule has 0 radical (unpaired) electrons. The molecule has 1 nitrogen and oxygen atoms in total. The van der Waals surface area contributed by atoms with Gasteiger partial charge in [-0.15, -0.1) is 18.2 Å². The van der Waals surface area contributed by atoms with Gasteiger partial charge in [0.2, 0.25) is 0 Å². The molecule has 48 valence electrons. The molecule has 0 aliphatic rings. The summed E-state index contributed by atoms with van der Waals surface area (Å²) in [6.07, 6.45) is 0. The van der Waals surface area contributed by atoms with Crippen molar-refractivity contribution in [2.75, 3.05) is 7.11 Å². The van der Waals surface area contributed by atoms with Crippen molar-refractivity contribution in [3.05, 3.63) is 30.1 Å². The van der Waals surface area contributed by atoms with Crippen LogP contribution in [-0.4, -0.2) is 7.11 Å². The second-order valence-corrected chi connectivity index (χ2v) is 1.57. The Balaban J connectivity index is 0.000000810. The Morgan fingerprint density at radius 1 is 1.50 bits per heavy atom. The number of benzene rings is 1. The van der Waals surface area contributed by atoms with Crippen molar-refractivity contribution in [1.29, 1.82) is 0 Å². The van der Waals surface area contributed by atoms with Crippen LogP contribution in [0.25, 0.3) is 0 Å². The molecule has 0 aliphatic carbocycles. The van der Waals surface area contributed by atoms with E-state index in [1.54, 1.807) is 12.1 Å². The molecule has 0 bridgehead atoms. The van der Waals surface area contributed by atoms with Crippen molar-refractivity contribution in [3.8, 4) is 5.75 Å². The standard InChI is InChI=1S/C7H6FO.K/c1-9-7-4-2-3-6(8)5-7;/h2-4H,1H3;/q-1;+1. The molecule has 10 heavy (non-hydrogen) atoms. The first-order chi connectivity index (χ1) is 4.33. The van der Waals surface area contributed by atoms with Gasteiger partial charge in [0.1, 0.15) is 0 Å². The Labute approximate surface area is 102 Å². The summed E-state index contributed by atoms with van der Waals surface area (Å²) in [5, 5.41) is 0. The molecule has 0 atom stereocenters. The summed E-state index contributed by atoms with van der Waals surface area (Å²) >= 11 is 0. The summed E-state index contributed by atoms with van der Waals surface area (Å²) < 4.78 is 16.9. The largest absolute Gasteiger partial charge is 1.00 e. The molecule has 0 amide bonds. The van der Waals surface area contributed by atoms with Gasteiger partial charge in [0.05, 0.1) is 7.11 Å². The first kappa shape index (κ1) is 10.6. The third kappa shape index (κ3) is 3.12. The number of hydrogen-bond donors (Lipinski definition) is 0. The van der Waals surface area contributed by atoms with E-state index in [4.69, 9.17) is 4.74 Å². The normalized spacial score (nSPS) is 8.20. The molecule has 0 N–H and O–H groups in total. The van der Waals surface area contributed by atoms with Gasteiger partial charge in [-0.1, -0.05) is 0 Å². The van der Waals surface area contributed by atoms with E-state index in [0.29, 0.717) is 5.75 Å². The van der Waals surface area contributed by atoms with Crippen LogP contribution in [-0.2, 0) is 0 Å². The van der Waals surface area contributed by atoms with Crippen molar-refractivity contribution < 1.29 is 60.5 Å². The molecule has 1 aromatic carbocycles. The average Bonchev–Trinajstić information content (AvgIpc) is 1.88. The van der Waals surface area contributed by atoms with Crippen LogP contribution in [0.4, 0.5) is 4.39 Å². The van der Waals surface area contributed by atoms with Crippen molar-refractivity contribution >= 4 is 0 Å². The van der Waals surface area contributed by atoms with Gasteiger partial charge in [-0.2, -0.15) is 6.07 Å². The second-order valence-electron chi connectivity index (χ2n) is 1.57. The van der Waals surface area contributed by atoms with Gasteiger partial charge in [0, 0.05) is 11.6 Å². The molecule has 3 heteroatoms. The van der Waals surface area contributed by atoms with Crippen LogP contribution in [0.2, 0.25) is 0 Å². The van der Waals surface area contributed by atoms with Crippen LogP contribution in [0, 0.1) is 11.9 Å². The number of rotatable bonds is 1. The predicted molar refractivity (Wildman–Crippen MR) is 31.8 cm³/mol. The fourth-order valence-electron chi connectivity index (χ4n) is 0.540. The second kappa shape index (κ2) is 5.26. The Bertz CT molecular complexity index is 203. The third-order valence-corrected chi connectivity index (χ3v) is 0.953. The summed E-state index contributed by atoms with van der Waals surface area (Å²) in [5.41, 5.74) is 0. The van der Waals surface area contributed by atoms with E-state index < -0.39 is 5.82 Å². The van der Waals surface area contributed by atoms with Crippen molar-refractivity contribution in [2.24, 2.45) is 0 Å². The Hall–Kier alpha value is 0.586. The van der Waals surface area contributed by atoms with Crippen LogP contribution >= 0.6 is 0 Å². The van der Waals surface area contributed by atoms with E-state index in [9.17, 15) is 4.39 Å². The smallest absolute Gasteiger partial charge is 0.523 e. The van der Waals surface area contributed by atoms with Gasteiger partial charge in [-0.3, -0.25) is 0 Å². The van der Waals surface area contributed by atoms with Gasteiger partial charge in [0.15, 0.2) is 0 Å². The van der Waals surface area contributed by atoms with Crippen molar-refractivity contribution in [2.45, 2.75) is 0 Å². The summed E-state index contributed by atoms with van der Waals surface area (Å²) in [6.45, 7) is 0. The maximum absolute atomic E-state index is 12.2. The fourth-order valence-corrected chi connectivity index (χ4v) is 0.540. The van der Waals surface area contributed by atoms with E-state index in [-0.39, 0.29) is 51.4 Å². The third-order valence-electron chi connectivity index (χ3n) is 0.953. The zero-order valence-corrected chi connectivity index (χ0v) is 9.14. The summed E-state index contributed by atoms with van der Waals surface area (Å²) in [4.78, 5) is 0. The summed E-state index contributed by atoms with van der Waals surface area (Å²) in [5.74, 6) is 0.0318. The zero-order chi connectivity index (χ0) is 6.69.